The lowest BCUT2D eigenvalue weighted by molar-refractivity contribution is 0.189. The second-order valence-corrected chi connectivity index (χ2v) is 3.09. The van der Waals surface area contributed by atoms with Crippen LogP contribution in [0.3, 0.4) is 0 Å². The molecule has 0 aliphatic heterocycles. The smallest absolute Gasteiger partial charge is 0.0467 e. The fourth-order valence-electron chi connectivity index (χ4n) is 1.24. The summed E-state index contributed by atoms with van der Waals surface area (Å²) < 4.78 is 5.03. The van der Waals surface area contributed by atoms with Crippen molar-refractivity contribution in [3.63, 3.8) is 0 Å². The summed E-state index contributed by atoms with van der Waals surface area (Å²) >= 11 is 0. The summed E-state index contributed by atoms with van der Waals surface area (Å²) in [5.74, 6) is 0.603. The van der Waals surface area contributed by atoms with Crippen LogP contribution in [0, 0.1) is 0 Å². The van der Waals surface area contributed by atoms with Crippen LogP contribution in [0.25, 0.3) is 0 Å². The van der Waals surface area contributed by atoms with E-state index < -0.39 is 0 Å². The zero-order valence-corrected chi connectivity index (χ0v) is 7.79. The van der Waals surface area contributed by atoms with Crippen LogP contribution in [-0.4, -0.2) is 13.7 Å². The Morgan fingerprint density at radius 3 is 2.50 bits per heavy atom. The molecular weight excluding hydrogens is 148 g/mol. The van der Waals surface area contributed by atoms with Crippen molar-refractivity contribution in [3.05, 3.63) is 35.9 Å². The summed E-state index contributed by atoms with van der Waals surface area (Å²) in [5, 5.41) is 0. The van der Waals surface area contributed by atoms with E-state index in [2.05, 4.69) is 31.2 Å². The fourth-order valence-corrected chi connectivity index (χ4v) is 1.24. The highest BCUT2D eigenvalue weighted by molar-refractivity contribution is 5.18. The van der Waals surface area contributed by atoms with Crippen molar-refractivity contribution in [3.8, 4) is 0 Å². The van der Waals surface area contributed by atoms with Gasteiger partial charge in [0, 0.05) is 13.7 Å². The van der Waals surface area contributed by atoms with Crippen LogP contribution in [0.1, 0.15) is 24.8 Å². The first-order valence-corrected chi connectivity index (χ1v) is 4.38. The summed E-state index contributed by atoms with van der Waals surface area (Å²) in [5.41, 5.74) is 1.40. The molecule has 0 fully saturated rings. The van der Waals surface area contributed by atoms with Gasteiger partial charge < -0.3 is 4.74 Å². The Kier molecular flexibility index (Phi) is 3.81. The monoisotopic (exact) mass is 164 g/mol. The molecule has 1 aromatic rings. The van der Waals surface area contributed by atoms with Gasteiger partial charge in [-0.05, 0) is 17.9 Å². The molecule has 0 bridgehead atoms. The van der Waals surface area contributed by atoms with E-state index in [0.29, 0.717) is 5.92 Å². The predicted octanol–water partition coefficient (Wildman–Crippen LogP) is 2.83. The van der Waals surface area contributed by atoms with Crippen molar-refractivity contribution < 1.29 is 4.74 Å². The molecule has 12 heavy (non-hydrogen) atoms. The molecule has 1 rings (SSSR count). The van der Waals surface area contributed by atoms with Gasteiger partial charge in [-0.1, -0.05) is 37.3 Å². The van der Waals surface area contributed by atoms with Crippen molar-refractivity contribution in [2.75, 3.05) is 13.7 Å². The van der Waals surface area contributed by atoms with Crippen molar-refractivity contribution in [1.82, 2.24) is 0 Å². The average molecular weight is 164 g/mol. The van der Waals surface area contributed by atoms with Crippen LogP contribution in [0.2, 0.25) is 0 Å². The van der Waals surface area contributed by atoms with E-state index in [-0.39, 0.29) is 0 Å². The predicted molar refractivity (Wildman–Crippen MR) is 51.4 cm³/mol. The number of rotatable bonds is 4. The van der Waals surface area contributed by atoms with Gasteiger partial charge in [-0.25, -0.2) is 0 Å². The molecule has 0 amide bonds. The Hall–Kier alpha value is -0.820. The number of hydrogen-bond acceptors (Lipinski definition) is 1. The van der Waals surface area contributed by atoms with Gasteiger partial charge in [0.25, 0.3) is 0 Å². The van der Waals surface area contributed by atoms with Crippen LogP contribution in [-0.2, 0) is 4.74 Å². The Labute approximate surface area is 74.4 Å². The molecule has 1 nitrogen and oxygen atoms in total. The van der Waals surface area contributed by atoms with E-state index in [9.17, 15) is 0 Å². The van der Waals surface area contributed by atoms with Gasteiger partial charge in [-0.2, -0.15) is 0 Å². The average Bonchev–Trinajstić information content (AvgIpc) is 2.15. The van der Waals surface area contributed by atoms with Crippen molar-refractivity contribution in [2.24, 2.45) is 0 Å². The molecule has 0 aliphatic rings. The largest absolute Gasteiger partial charge is 0.385 e. The SMILES string of the molecule is COCC[C@H](C)c1ccccc1. The van der Waals surface area contributed by atoms with Gasteiger partial charge in [0.15, 0.2) is 0 Å². The number of benzene rings is 1. The maximum absolute atomic E-state index is 5.03. The van der Waals surface area contributed by atoms with E-state index in [1.54, 1.807) is 7.11 Å². The van der Waals surface area contributed by atoms with E-state index in [1.807, 2.05) is 6.07 Å². The zero-order valence-electron chi connectivity index (χ0n) is 7.79. The van der Waals surface area contributed by atoms with Gasteiger partial charge in [0.2, 0.25) is 0 Å². The van der Waals surface area contributed by atoms with Gasteiger partial charge in [0.1, 0.15) is 0 Å². The first kappa shape index (κ1) is 9.27. The summed E-state index contributed by atoms with van der Waals surface area (Å²) in [6, 6.07) is 10.5. The van der Waals surface area contributed by atoms with Gasteiger partial charge in [-0.15, -0.1) is 0 Å². The quantitative estimate of drug-likeness (QED) is 0.665. The van der Waals surface area contributed by atoms with Gasteiger partial charge in [-0.3, -0.25) is 0 Å². The lowest BCUT2D eigenvalue weighted by atomic mass is 9.98. The molecule has 0 unspecified atom stereocenters. The molecule has 0 heterocycles. The highest BCUT2D eigenvalue weighted by Crippen LogP contribution is 2.17. The molecule has 0 radical (unpaired) electrons. The second-order valence-electron chi connectivity index (χ2n) is 3.09. The third-order valence-corrected chi connectivity index (χ3v) is 2.12. The van der Waals surface area contributed by atoms with Crippen molar-refractivity contribution >= 4 is 0 Å². The molecule has 1 atom stereocenters. The molecule has 0 spiro atoms. The van der Waals surface area contributed by atoms with Crippen LogP contribution < -0.4 is 0 Å². The molecule has 1 aromatic carbocycles. The highest BCUT2D eigenvalue weighted by Gasteiger charge is 2.02. The van der Waals surface area contributed by atoms with Crippen LogP contribution >= 0.6 is 0 Å². The molecule has 0 saturated heterocycles. The van der Waals surface area contributed by atoms with Gasteiger partial charge in [0.05, 0.1) is 0 Å². The normalized spacial score (nSPS) is 12.8. The third kappa shape index (κ3) is 2.67. The summed E-state index contributed by atoms with van der Waals surface area (Å²) in [6.07, 6.45) is 1.10. The molecule has 1 heteroatoms. The topological polar surface area (TPSA) is 9.23 Å². The minimum Gasteiger partial charge on any atom is -0.385 e. The summed E-state index contributed by atoms with van der Waals surface area (Å²) in [7, 11) is 1.75. The van der Waals surface area contributed by atoms with Crippen LogP contribution in [0.15, 0.2) is 30.3 Å². The fraction of sp³-hybridized carbons (Fsp3) is 0.455. The van der Waals surface area contributed by atoms with E-state index >= 15 is 0 Å². The van der Waals surface area contributed by atoms with Crippen LogP contribution in [0.5, 0.6) is 0 Å². The third-order valence-electron chi connectivity index (χ3n) is 2.12. The van der Waals surface area contributed by atoms with E-state index in [1.165, 1.54) is 5.56 Å². The van der Waals surface area contributed by atoms with Crippen molar-refractivity contribution in [2.45, 2.75) is 19.3 Å². The van der Waals surface area contributed by atoms with Crippen LogP contribution in [0.4, 0.5) is 0 Å². The first-order chi connectivity index (χ1) is 5.84. The minimum atomic E-state index is 0.603. The Morgan fingerprint density at radius 2 is 1.92 bits per heavy atom. The molecule has 0 N–H and O–H groups in total. The maximum atomic E-state index is 5.03. The number of hydrogen-bond donors (Lipinski definition) is 0. The summed E-state index contributed by atoms with van der Waals surface area (Å²) in [4.78, 5) is 0. The number of methoxy groups -OCH3 is 1. The molecule has 0 saturated carbocycles. The maximum Gasteiger partial charge on any atom is 0.0467 e. The summed E-state index contributed by atoms with van der Waals surface area (Å²) in [6.45, 7) is 3.07. The molecular formula is C11H16O. The standard InChI is InChI=1S/C11H16O/c1-10(8-9-12-2)11-6-4-3-5-7-11/h3-7,10H,8-9H2,1-2H3/t10-/m0/s1. The number of ether oxygens (including phenoxy) is 1. The molecule has 0 aliphatic carbocycles. The Morgan fingerprint density at radius 1 is 1.25 bits per heavy atom. The van der Waals surface area contributed by atoms with Gasteiger partial charge >= 0.3 is 0 Å². The molecule has 0 aromatic heterocycles. The van der Waals surface area contributed by atoms with E-state index in [0.717, 1.165) is 13.0 Å². The van der Waals surface area contributed by atoms with E-state index in [4.69, 9.17) is 4.74 Å². The minimum absolute atomic E-state index is 0.603. The Balaban J connectivity index is 2.48. The zero-order chi connectivity index (χ0) is 8.81. The lowest BCUT2D eigenvalue weighted by Gasteiger charge is -2.10. The first-order valence-electron chi connectivity index (χ1n) is 4.38. The Bertz CT molecular complexity index is 206. The highest BCUT2D eigenvalue weighted by atomic mass is 16.5. The van der Waals surface area contributed by atoms with Crippen molar-refractivity contribution in [1.29, 1.82) is 0 Å². The lowest BCUT2D eigenvalue weighted by Crippen LogP contribution is -1.98. The second kappa shape index (κ2) is 4.94. The molecule has 66 valence electrons.